The minimum absolute atomic E-state index is 0.399. The number of benzene rings is 1. The first kappa shape index (κ1) is 14.0. The van der Waals surface area contributed by atoms with Gasteiger partial charge in [0.15, 0.2) is 0 Å². The van der Waals surface area contributed by atoms with Crippen LogP contribution in [-0.4, -0.2) is 18.0 Å². The second-order valence-corrected chi connectivity index (χ2v) is 7.24. The summed E-state index contributed by atoms with van der Waals surface area (Å²) in [5.41, 5.74) is 2.56. The Morgan fingerprint density at radius 3 is 2.80 bits per heavy atom. The van der Waals surface area contributed by atoms with Crippen LogP contribution in [0, 0.1) is 0 Å². The molecule has 3 rings (SSSR count). The van der Waals surface area contributed by atoms with E-state index in [1.54, 1.807) is 18.4 Å². The lowest BCUT2D eigenvalue weighted by molar-refractivity contribution is 0.182. The summed E-state index contributed by atoms with van der Waals surface area (Å²) in [6.07, 6.45) is 1.42. The van der Waals surface area contributed by atoms with E-state index in [0.29, 0.717) is 6.42 Å². The number of thioether (sulfide) groups is 1. The highest BCUT2D eigenvalue weighted by atomic mass is 32.2. The van der Waals surface area contributed by atoms with Crippen LogP contribution in [0.1, 0.15) is 27.0 Å². The fourth-order valence-electron chi connectivity index (χ4n) is 2.42. The molecule has 0 saturated heterocycles. The number of fused-ring (bicyclic) bond motifs is 1. The van der Waals surface area contributed by atoms with E-state index in [1.807, 2.05) is 36.0 Å². The van der Waals surface area contributed by atoms with E-state index in [-0.39, 0.29) is 0 Å². The third-order valence-electron chi connectivity index (χ3n) is 3.56. The van der Waals surface area contributed by atoms with Gasteiger partial charge in [-0.2, -0.15) is 11.8 Å². The zero-order valence-corrected chi connectivity index (χ0v) is 13.1. The van der Waals surface area contributed by atoms with Gasteiger partial charge in [-0.1, -0.05) is 12.1 Å². The highest BCUT2D eigenvalue weighted by molar-refractivity contribution is 7.98. The summed E-state index contributed by atoms with van der Waals surface area (Å²) in [6.45, 7) is 0. The monoisotopic (exact) mass is 306 g/mol. The van der Waals surface area contributed by atoms with Crippen LogP contribution in [0.2, 0.25) is 0 Å². The molecule has 1 aliphatic heterocycles. The fourth-order valence-corrected chi connectivity index (χ4v) is 4.78. The molecule has 0 saturated carbocycles. The fraction of sp³-hybridized carbons (Fsp3) is 0.375. The van der Waals surface area contributed by atoms with Gasteiger partial charge in [-0.3, -0.25) is 0 Å². The standard InChI is InChI=1S/C16H18O2S2/c1-18-13-4-2-11(3-5-13)8-14(17)16-9-12-10-19-7-6-15(12)20-16/h2-5,9,14,17H,6-8,10H2,1H3. The Morgan fingerprint density at radius 2 is 2.10 bits per heavy atom. The molecule has 106 valence electrons. The second kappa shape index (κ2) is 6.20. The lowest BCUT2D eigenvalue weighted by atomic mass is 10.1. The van der Waals surface area contributed by atoms with Crippen LogP contribution >= 0.6 is 23.1 Å². The van der Waals surface area contributed by atoms with Gasteiger partial charge < -0.3 is 9.84 Å². The van der Waals surface area contributed by atoms with Crippen molar-refractivity contribution in [1.29, 1.82) is 0 Å². The van der Waals surface area contributed by atoms with Crippen LogP contribution in [0.4, 0.5) is 0 Å². The zero-order chi connectivity index (χ0) is 13.9. The van der Waals surface area contributed by atoms with Crippen molar-refractivity contribution in [2.24, 2.45) is 0 Å². The first-order chi connectivity index (χ1) is 9.76. The predicted octanol–water partition coefficient (Wildman–Crippen LogP) is 3.82. The van der Waals surface area contributed by atoms with Gasteiger partial charge in [0.2, 0.25) is 0 Å². The molecule has 0 fully saturated rings. The van der Waals surface area contributed by atoms with Gasteiger partial charge in [-0.15, -0.1) is 11.3 Å². The first-order valence-corrected chi connectivity index (χ1v) is 8.73. The Kier molecular flexibility index (Phi) is 4.34. The van der Waals surface area contributed by atoms with Crippen LogP contribution in [0.3, 0.4) is 0 Å². The maximum Gasteiger partial charge on any atom is 0.118 e. The van der Waals surface area contributed by atoms with Crippen molar-refractivity contribution in [3.05, 3.63) is 51.2 Å². The van der Waals surface area contributed by atoms with Gasteiger partial charge in [-0.25, -0.2) is 0 Å². The number of aliphatic hydroxyl groups is 1. The summed E-state index contributed by atoms with van der Waals surface area (Å²) < 4.78 is 5.15. The maximum atomic E-state index is 10.4. The average Bonchev–Trinajstić information content (AvgIpc) is 2.92. The Morgan fingerprint density at radius 1 is 1.30 bits per heavy atom. The number of hydrogen-bond donors (Lipinski definition) is 1. The number of ether oxygens (including phenoxy) is 1. The van der Waals surface area contributed by atoms with E-state index in [9.17, 15) is 5.11 Å². The first-order valence-electron chi connectivity index (χ1n) is 6.76. The topological polar surface area (TPSA) is 29.5 Å². The third-order valence-corrected chi connectivity index (χ3v) is 5.91. The van der Waals surface area contributed by atoms with Gasteiger partial charge in [0.05, 0.1) is 13.2 Å². The van der Waals surface area contributed by atoms with Crippen molar-refractivity contribution in [2.45, 2.75) is 24.7 Å². The summed E-state index contributed by atoms with van der Waals surface area (Å²) >= 11 is 3.76. The quantitative estimate of drug-likeness (QED) is 0.931. The summed E-state index contributed by atoms with van der Waals surface area (Å²) in [7, 11) is 1.66. The molecule has 1 aromatic carbocycles. The smallest absolute Gasteiger partial charge is 0.118 e. The van der Waals surface area contributed by atoms with Gasteiger partial charge in [0, 0.05) is 21.9 Å². The molecule has 1 unspecified atom stereocenters. The molecule has 0 amide bonds. The molecule has 2 nitrogen and oxygen atoms in total. The molecule has 0 aliphatic carbocycles. The van der Waals surface area contributed by atoms with Crippen molar-refractivity contribution in [2.75, 3.05) is 12.9 Å². The Bertz CT molecular complexity index is 551. The minimum atomic E-state index is -0.399. The number of thiophene rings is 1. The molecular formula is C16H18O2S2. The Hall–Kier alpha value is -0.970. The van der Waals surface area contributed by atoms with Crippen LogP contribution in [0.5, 0.6) is 5.75 Å². The van der Waals surface area contributed by atoms with Gasteiger partial charge in [-0.05, 0) is 41.5 Å². The normalized spacial score (nSPS) is 15.7. The van der Waals surface area contributed by atoms with E-state index >= 15 is 0 Å². The summed E-state index contributed by atoms with van der Waals surface area (Å²) in [6, 6.07) is 10.1. The number of aliphatic hydroxyl groups excluding tert-OH is 1. The average molecular weight is 306 g/mol. The minimum Gasteiger partial charge on any atom is -0.497 e. The van der Waals surface area contributed by atoms with Crippen molar-refractivity contribution >= 4 is 23.1 Å². The van der Waals surface area contributed by atoms with E-state index < -0.39 is 6.10 Å². The Labute approximate surface area is 127 Å². The maximum absolute atomic E-state index is 10.4. The van der Waals surface area contributed by atoms with Crippen LogP contribution < -0.4 is 4.74 Å². The molecule has 0 spiro atoms. The molecule has 4 heteroatoms. The number of aryl methyl sites for hydroxylation is 1. The highest BCUT2D eigenvalue weighted by Crippen LogP contribution is 2.35. The molecule has 0 radical (unpaired) electrons. The van der Waals surface area contributed by atoms with Gasteiger partial charge >= 0.3 is 0 Å². The van der Waals surface area contributed by atoms with Crippen LogP contribution in [0.15, 0.2) is 30.3 Å². The van der Waals surface area contributed by atoms with E-state index in [1.165, 1.54) is 16.2 Å². The molecule has 1 atom stereocenters. The van der Waals surface area contributed by atoms with Crippen LogP contribution in [0.25, 0.3) is 0 Å². The van der Waals surface area contributed by atoms with Crippen molar-refractivity contribution in [3.63, 3.8) is 0 Å². The summed E-state index contributed by atoms with van der Waals surface area (Å²) in [4.78, 5) is 2.57. The predicted molar refractivity (Wildman–Crippen MR) is 85.8 cm³/mol. The van der Waals surface area contributed by atoms with Crippen LogP contribution in [-0.2, 0) is 18.6 Å². The van der Waals surface area contributed by atoms with Gasteiger partial charge in [0.25, 0.3) is 0 Å². The zero-order valence-electron chi connectivity index (χ0n) is 11.5. The SMILES string of the molecule is COc1ccc(CC(O)c2cc3c(s2)CCSC3)cc1. The molecule has 1 aromatic heterocycles. The van der Waals surface area contributed by atoms with E-state index in [0.717, 1.165) is 28.4 Å². The molecule has 1 N–H and O–H groups in total. The Balaban J connectivity index is 1.71. The number of hydrogen-bond acceptors (Lipinski definition) is 4. The van der Waals surface area contributed by atoms with Crippen molar-refractivity contribution < 1.29 is 9.84 Å². The van der Waals surface area contributed by atoms with Gasteiger partial charge in [0.1, 0.15) is 5.75 Å². The molecule has 2 heterocycles. The molecular weight excluding hydrogens is 288 g/mol. The van der Waals surface area contributed by atoms with E-state index in [4.69, 9.17) is 4.74 Å². The number of methoxy groups -OCH3 is 1. The largest absolute Gasteiger partial charge is 0.497 e. The van der Waals surface area contributed by atoms with Crippen molar-refractivity contribution in [3.8, 4) is 5.75 Å². The second-order valence-electron chi connectivity index (χ2n) is 4.97. The molecule has 2 aromatic rings. The third kappa shape index (κ3) is 3.03. The lowest BCUT2D eigenvalue weighted by Crippen LogP contribution is -1.99. The lowest BCUT2D eigenvalue weighted by Gasteiger charge is -2.09. The van der Waals surface area contributed by atoms with Crippen molar-refractivity contribution in [1.82, 2.24) is 0 Å². The highest BCUT2D eigenvalue weighted by Gasteiger charge is 2.18. The summed E-state index contributed by atoms with van der Waals surface area (Å²) in [5, 5.41) is 10.4. The van der Waals surface area contributed by atoms with E-state index in [2.05, 4.69) is 6.07 Å². The molecule has 0 bridgehead atoms. The molecule has 1 aliphatic rings. The summed E-state index contributed by atoms with van der Waals surface area (Å²) in [5.74, 6) is 3.16. The molecule has 20 heavy (non-hydrogen) atoms. The number of rotatable bonds is 4.